The Bertz CT molecular complexity index is 1560. The number of fused-ring (bicyclic) bond motifs is 1. The van der Waals surface area contributed by atoms with Crippen LogP contribution >= 0.6 is 34.8 Å². The van der Waals surface area contributed by atoms with Crippen LogP contribution in [0.2, 0.25) is 15.2 Å². The smallest absolute Gasteiger partial charge is 0.267 e. The second-order valence-electron chi connectivity index (χ2n) is 7.05. The van der Waals surface area contributed by atoms with Gasteiger partial charge in [-0.3, -0.25) is 4.79 Å². The number of carbonyl (C=O) groups is 1. The van der Waals surface area contributed by atoms with Crippen molar-refractivity contribution >= 4 is 61.6 Å². The van der Waals surface area contributed by atoms with Crippen molar-refractivity contribution in [2.45, 2.75) is 0 Å². The monoisotopic (exact) mass is 529 g/mol. The fraction of sp³-hybridized carbons (Fsp3) is 0.0476. The van der Waals surface area contributed by atoms with E-state index in [0.29, 0.717) is 21.5 Å². The number of sulfonamides is 1. The summed E-state index contributed by atoms with van der Waals surface area (Å²) in [6.45, 7) is 0. The lowest BCUT2D eigenvalue weighted by molar-refractivity contribution is 0.0978. The van der Waals surface area contributed by atoms with E-state index in [1.165, 1.54) is 22.9 Å². The number of carbonyl (C=O) groups excluding carboxylic acids is 1. The Hall–Kier alpha value is -2.72. The van der Waals surface area contributed by atoms with Crippen molar-refractivity contribution in [3.05, 3.63) is 80.9 Å². The van der Waals surface area contributed by atoms with Crippen LogP contribution in [0, 0.1) is 11.6 Å². The van der Waals surface area contributed by atoms with Gasteiger partial charge in [-0.25, -0.2) is 26.6 Å². The molecule has 0 bridgehead atoms. The van der Waals surface area contributed by atoms with Crippen LogP contribution in [0.4, 0.5) is 8.78 Å². The second kappa shape index (κ2) is 8.57. The summed E-state index contributed by atoms with van der Waals surface area (Å²) in [5, 5.41) is 4.94. The number of nitrogens with one attached hydrogen (secondary N) is 1. The first-order valence-electron chi connectivity index (χ1n) is 9.10. The van der Waals surface area contributed by atoms with Gasteiger partial charge in [0.25, 0.3) is 5.91 Å². The highest BCUT2D eigenvalue weighted by Gasteiger charge is 2.21. The third kappa shape index (κ3) is 4.67. The van der Waals surface area contributed by atoms with Gasteiger partial charge in [0.2, 0.25) is 10.0 Å². The summed E-state index contributed by atoms with van der Waals surface area (Å²) in [5.41, 5.74) is 0.687. The molecule has 1 amide bonds. The molecule has 3 aromatic carbocycles. The highest BCUT2D eigenvalue weighted by Crippen LogP contribution is 2.34. The minimum atomic E-state index is -3.90. The van der Waals surface area contributed by atoms with Gasteiger partial charge in [-0.05, 0) is 42.0 Å². The lowest BCUT2D eigenvalue weighted by Gasteiger charge is -2.10. The predicted molar refractivity (Wildman–Crippen MR) is 124 cm³/mol. The van der Waals surface area contributed by atoms with Gasteiger partial charge in [-0.2, -0.15) is 5.10 Å². The third-order valence-corrected chi connectivity index (χ3v) is 6.03. The molecule has 0 aliphatic rings. The van der Waals surface area contributed by atoms with Crippen LogP contribution in [0.1, 0.15) is 10.4 Å². The van der Waals surface area contributed by atoms with Gasteiger partial charge in [0.15, 0.2) is 5.15 Å². The van der Waals surface area contributed by atoms with E-state index in [1.807, 2.05) is 0 Å². The van der Waals surface area contributed by atoms with E-state index in [1.54, 1.807) is 22.9 Å². The molecule has 0 aliphatic carbocycles. The maximum absolute atomic E-state index is 14.7. The first kappa shape index (κ1) is 23.4. The Morgan fingerprint density at radius 1 is 1.00 bits per heavy atom. The maximum atomic E-state index is 14.7. The zero-order chi connectivity index (χ0) is 24.1. The number of amides is 1. The average molecular weight is 531 g/mol. The molecule has 0 radical (unpaired) electrons. The van der Waals surface area contributed by atoms with Crippen LogP contribution in [0.25, 0.3) is 27.7 Å². The molecule has 33 heavy (non-hydrogen) atoms. The van der Waals surface area contributed by atoms with E-state index in [-0.39, 0.29) is 21.4 Å². The predicted octanol–water partition coefficient (Wildman–Crippen LogP) is 5.62. The molecule has 0 aliphatic heterocycles. The molecule has 0 atom stereocenters. The molecule has 0 spiro atoms. The molecule has 1 N–H and O–H groups in total. The Balaban J connectivity index is 1.82. The van der Waals surface area contributed by atoms with Gasteiger partial charge in [0, 0.05) is 22.0 Å². The SMILES string of the molecule is CS(=O)(=O)NC(=O)c1cc(Cl)c(-n2nc(Cl)c3cc(-c4cc(Cl)ccc4F)ccc32)cc1F. The Kier molecular flexibility index (Phi) is 6.09. The fourth-order valence-electron chi connectivity index (χ4n) is 3.25. The third-order valence-electron chi connectivity index (χ3n) is 4.66. The first-order chi connectivity index (χ1) is 15.4. The summed E-state index contributed by atoms with van der Waals surface area (Å²) in [6, 6.07) is 10.9. The lowest BCUT2D eigenvalue weighted by Crippen LogP contribution is -2.30. The number of aromatic nitrogens is 2. The quantitative estimate of drug-likeness (QED) is 0.371. The number of rotatable bonds is 4. The number of benzene rings is 3. The molecule has 0 saturated carbocycles. The molecule has 4 aromatic rings. The molecular weight excluding hydrogens is 519 g/mol. The van der Waals surface area contributed by atoms with Crippen LogP contribution in [-0.2, 0) is 10.0 Å². The zero-order valence-electron chi connectivity index (χ0n) is 16.5. The molecule has 12 heteroatoms. The summed E-state index contributed by atoms with van der Waals surface area (Å²) in [6.07, 6.45) is 0.764. The number of nitrogens with zero attached hydrogens (tertiary/aromatic N) is 2. The molecule has 4 rings (SSSR count). The van der Waals surface area contributed by atoms with Gasteiger partial charge in [-0.15, -0.1) is 0 Å². The lowest BCUT2D eigenvalue weighted by atomic mass is 10.0. The van der Waals surface area contributed by atoms with Crippen molar-refractivity contribution in [1.29, 1.82) is 0 Å². The van der Waals surface area contributed by atoms with Crippen LogP contribution in [0.15, 0.2) is 48.5 Å². The minimum absolute atomic E-state index is 0.0460. The van der Waals surface area contributed by atoms with Crippen molar-refractivity contribution in [3.8, 4) is 16.8 Å². The Morgan fingerprint density at radius 3 is 2.42 bits per heavy atom. The number of halogens is 5. The summed E-state index contributed by atoms with van der Waals surface area (Å²) in [7, 11) is -3.90. The number of hydrogen-bond acceptors (Lipinski definition) is 4. The van der Waals surface area contributed by atoms with Gasteiger partial charge in [-0.1, -0.05) is 40.9 Å². The second-order valence-corrected chi connectivity index (χ2v) is 10.00. The first-order valence-corrected chi connectivity index (χ1v) is 12.1. The van der Waals surface area contributed by atoms with E-state index in [0.717, 1.165) is 18.4 Å². The van der Waals surface area contributed by atoms with Crippen molar-refractivity contribution in [1.82, 2.24) is 14.5 Å². The molecule has 0 unspecified atom stereocenters. The summed E-state index contributed by atoms with van der Waals surface area (Å²) >= 11 is 18.5. The Labute approximate surface area is 201 Å². The van der Waals surface area contributed by atoms with Gasteiger partial charge >= 0.3 is 0 Å². The minimum Gasteiger partial charge on any atom is -0.268 e. The van der Waals surface area contributed by atoms with Crippen molar-refractivity contribution < 1.29 is 22.0 Å². The summed E-state index contributed by atoms with van der Waals surface area (Å²) < 4.78 is 54.4. The van der Waals surface area contributed by atoms with Crippen LogP contribution < -0.4 is 4.72 Å². The van der Waals surface area contributed by atoms with Crippen LogP contribution in [-0.4, -0.2) is 30.4 Å². The molecular formula is C21H12Cl3F2N3O3S. The van der Waals surface area contributed by atoms with E-state index >= 15 is 0 Å². The van der Waals surface area contributed by atoms with Crippen molar-refractivity contribution in [3.63, 3.8) is 0 Å². The normalized spacial score (nSPS) is 11.7. The van der Waals surface area contributed by atoms with Gasteiger partial charge in [0.1, 0.15) is 11.6 Å². The summed E-state index contributed by atoms with van der Waals surface area (Å²) in [5.74, 6) is -2.66. The van der Waals surface area contributed by atoms with Gasteiger partial charge in [0.05, 0.1) is 28.0 Å². The van der Waals surface area contributed by atoms with Crippen molar-refractivity contribution in [2.75, 3.05) is 6.26 Å². The highest BCUT2D eigenvalue weighted by molar-refractivity contribution is 7.89. The molecule has 0 fully saturated rings. The molecule has 1 heterocycles. The van der Waals surface area contributed by atoms with Gasteiger partial charge < -0.3 is 0 Å². The van der Waals surface area contributed by atoms with Crippen LogP contribution in [0.3, 0.4) is 0 Å². The highest BCUT2D eigenvalue weighted by atomic mass is 35.5. The molecule has 6 nitrogen and oxygen atoms in total. The average Bonchev–Trinajstić information content (AvgIpc) is 3.05. The summed E-state index contributed by atoms with van der Waals surface area (Å²) in [4.78, 5) is 12.0. The van der Waals surface area contributed by atoms with E-state index in [9.17, 15) is 22.0 Å². The largest absolute Gasteiger partial charge is 0.268 e. The fourth-order valence-corrected chi connectivity index (χ4v) is 4.34. The zero-order valence-corrected chi connectivity index (χ0v) is 19.6. The maximum Gasteiger partial charge on any atom is 0.267 e. The number of hydrogen-bond donors (Lipinski definition) is 1. The van der Waals surface area contributed by atoms with Crippen molar-refractivity contribution in [2.24, 2.45) is 0 Å². The van der Waals surface area contributed by atoms with E-state index < -0.39 is 33.1 Å². The standard InChI is InChI=1S/C21H12Cl3F2N3O3S/c1-33(31,32)28-21(30)13-8-15(23)19(9-17(13)26)29-18-5-2-10(6-14(18)20(24)27-29)12-7-11(22)3-4-16(12)25/h2-9H,1H3,(H,28,30). The molecule has 170 valence electrons. The Morgan fingerprint density at radius 2 is 1.73 bits per heavy atom. The van der Waals surface area contributed by atoms with E-state index in [4.69, 9.17) is 34.8 Å². The molecule has 1 aromatic heterocycles. The van der Waals surface area contributed by atoms with Crippen LogP contribution in [0.5, 0.6) is 0 Å². The topological polar surface area (TPSA) is 81.1 Å². The molecule has 0 saturated heterocycles. The van der Waals surface area contributed by atoms with E-state index in [2.05, 4.69) is 5.10 Å².